The number of nitrogens with zero attached hydrogens (tertiary/aromatic N) is 1. The fourth-order valence-corrected chi connectivity index (χ4v) is 3.39. The van der Waals surface area contributed by atoms with Gasteiger partial charge in [0.25, 0.3) is 5.91 Å². The quantitative estimate of drug-likeness (QED) is 0.759. The van der Waals surface area contributed by atoms with E-state index >= 15 is 0 Å². The molecule has 0 saturated heterocycles. The van der Waals surface area contributed by atoms with E-state index in [-0.39, 0.29) is 10.6 Å². The second-order valence-corrected chi connectivity index (χ2v) is 7.82. The molecule has 0 spiro atoms. The Kier molecular flexibility index (Phi) is 4.94. The minimum Gasteiger partial charge on any atom is -0.266 e. The summed E-state index contributed by atoms with van der Waals surface area (Å²) in [4.78, 5) is 12.6. The summed E-state index contributed by atoms with van der Waals surface area (Å²) in [5.74, 6) is -0.654. The molecule has 0 heterocycles. The zero-order chi connectivity index (χ0) is 15.6. The fraction of sp³-hybridized carbons (Fsp3) is 0.0714. The molecule has 0 aromatic heterocycles. The maximum Gasteiger partial charge on any atom is 0.286 e. The summed E-state index contributed by atoms with van der Waals surface area (Å²) in [5, 5.41) is 1.09. The highest BCUT2D eigenvalue weighted by Crippen LogP contribution is 2.23. The highest BCUT2D eigenvalue weighted by atomic mass is 35.5. The molecule has 0 N–H and O–H groups in total. The molecule has 1 atom stereocenters. The van der Waals surface area contributed by atoms with Gasteiger partial charge in [0.15, 0.2) is 0 Å². The van der Waals surface area contributed by atoms with Crippen LogP contribution in [0, 0.1) is 0 Å². The Bertz CT molecular complexity index is 809. The van der Waals surface area contributed by atoms with Crippen LogP contribution in [0.25, 0.3) is 0 Å². The molecular weight excluding hydrogens is 353 g/mol. The molecule has 0 fully saturated rings. The number of halogens is 3. The van der Waals surface area contributed by atoms with Gasteiger partial charge < -0.3 is 0 Å². The lowest BCUT2D eigenvalue weighted by Crippen LogP contribution is -2.04. The van der Waals surface area contributed by atoms with E-state index in [0.29, 0.717) is 14.9 Å². The van der Waals surface area contributed by atoms with E-state index in [1.165, 1.54) is 24.5 Å². The second-order valence-electron chi connectivity index (χ2n) is 4.28. The lowest BCUT2D eigenvalue weighted by atomic mass is 10.2. The minimum atomic E-state index is -2.88. The average molecular weight is 363 g/mol. The Morgan fingerprint density at radius 1 is 1.00 bits per heavy atom. The van der Waals surface area contributed by atoms with Gasteiger partial charge in [0.1, 0.15) is 0 Å². The van der Waals surface area contributed by atoms with Gasteiger partial charge in [-0.2, -0.15) is 4.36 Å². The standard InChI is InChI=1S/C14H10Cl3NO2S/c1-21(20,11-5-2-9(15)3-6-11)18-14(19)12-7-4-10(16)8-13(12)17/h2-8H,1H3. The van der Waals surface area contributed by atoms with Crippen LogP contribution in [0.5, 0.6) is 0 Å². The number of carbonyl (C=O) groups excluding carboxylic acids is 1. The molecule has 0 bridgehead atoms. The smallest absolute Gasteiger partial charge is 0.266 e. The third-order valence-electron chi connectivity index (χ3n) is 2.67. The van der Waals surface area contributed by atoms with E-state index in [9.17, 15) is 9.00 Å². The van der Waals surface area contributed by atoms with Gasteiger partial charge in [-0.05, 0) is 42.5 Å². The van der Waals surface area contributed by atoms with Gasteiger partial charge in [0, 0.05) is 21.2 Å². The number of hydrogen-bond donors (Lipinski definition) is 0. The molecule has 2 aromatic rings. The van der Waals surface area contributed by atoms with Crippen LogP contribution in [0.2, 0.25) is 15.1 Å². The Hall–Kier alpha value is -1.07. The molecule has 3 nitrogen and oxygen atoms in total. The summed E-state index contributed by atoms with van der Waals surface area (Å²) in [6, 6.07) is 10.7. The molecular formula is C14H10Cl3NO2S. The third-order valence-corrected chi connectivity index (χ3v) is 5.13. The summed E-state index contributed by atoms with van der Waals surface area (Å²) in [7, 11) is -2.88. The lowest BCUT2D eigenvalue weighted by molar-refractivity contribution is 0.100. The summed E-state index contributed by atoms with van der Waals surface area (Å²) < 4.78 is 16.3. The van der Waals surface area contributed by atoms with Crippen LogP contribution < -0.4 is 0 Å². The number of benzene rings is 2. The molecule has 2 rings (SSSR count). The molecule has 0 aliphatic heterocycles. The average Bonchev–Trinajstić information content (AvgIpc) is 2.38. The molecule has 2 aromatic carbocycles. The second kappa shape index (κ2) is 6.36. The van der Waals surface area contributed by atoms with E-state index < -0.39 is 15.6 Å². The first-order chi connectivity index (χ1) is 9.79. The van der Waals surface area contributed by atoms with Crippen molar-refractivity contribution in [2.24, 2.45) is 4.36 Å². The van der Waals surface area contributed by atoms with Crippen LogP contribution in [-0.4, -0.2) is 16.4 Å². The predicted octanol–water partition coefficient (Wildman–Crippen LogP) is 4.94. The maximum atomic E-state index is 12.6. The maximum absolute atomic E-state index is 12.6. The normalized spacial score (nSPS) is 13.5. The van der Waals surface area contributed by atoms with Crippen molar-refractivity contribution in [2.45, 2.75) is 4.90 Å². The molecule has 1 amide bonds. The van der Waals surface area contributed by atoms with Crippen LogP contribution >= 0.6 is 34.8 Å². The van der Waals surface area contributed by atoms with Crippen molar-refractivity contribution >= 4 is 50.4 Å². The van der Waals surface area contributed by atoms with Crippen LogP contribution in [-0.2, 0) is 9.73 Å². The lowest BCUT2D eigenvalue weighted by Gasteiger charge is -2.05. The first kappa shape index (κ1) is 16.3. The zero-order valence-corrected chi connectivity index (χ0v) is 13.9. The van der Waals surface area contributed by atoms with Crippen LogP contribution in [0.4, 0.5) is 0 Å². The highest BCUT2D eigenvalue weighted by Gasteiger charge is 2.14. The summed E-state index contributed by atoms with van der Waals surface area (Å²) in [5.41, 5.74) is 0.157. The largest absolute Gasteiger partial charge is 0.286 e. The Balaban J connectivity index is 2.43. The molecule has 0 aliphatic carbocycles. The topological polar surface area (TPSA) is 46.5 Å². The van der Waals surface area contributed by atoms with E-state index in [4.69, 9.17) is 34.8 Å². The molecule has 0 aliphatic rings. The van der Waals surface area contributed by atoms with Crippen LogP contribution in [0.15, 0.2) is 51.7 Å². The van der Waals surface area contributed by atoms with Crippen molar-refractivity contribution in [3.8, 4) is 0 Å². The fourth-order valence-electron chi connectivity index (χ4n) is 1.61. The van der Waals surface area contributed by atoms with E-state index in [1.54, 1.807) is 24.3 Å². The van der Waals surface area contributed by atoms with Gasteiger partial charge >= 0.3 is 0 Å². The van der Waals surface area contributed by atoms with E-state index in [0.717, 1.165) is 0 Å². The van der Waals surface area contributed by atoms with E-state index in [1.807, 2.05) is 0 Å². The molecule has 0 saturated carbocycles. The Morgan fingerprint density at radius 3 is 2.14 bits per heavy atom. The summed E-state index contributed by atoms with van der Waals surface area (Å²) in [6.45, 7) is 0. The van der Waals surface area contributed by atoms with Gasteiger partial charge in [-0.3, -0.25) is 4.79 Å². The molecule has 110 valence electrons. The van der Waals surface area contributed by atoms with Crippen molar-refractivity contribution in [3.05, 3.63) is 63.1 Å². The third kappa shape index (κ3) is 3.98. The van der Waals surface area contributed by atoms with E-state index in [2.05, 4.69) is 4.36 Å². The monoisotopic (exact) mass is 361 g/mol. The van der Waals surface area contributed by atoms with Gasteiger partial charge in [0.05, 0.1) is 20.3 Å². The van der Waals surface area contributed by atoms with Gasteiger partial charge in [0.2, 0.25) is 0 Å². The van der Waals surface area contributed by atoms with Crippen LogP contribution in [0.3, 0.4) is 0 Å². The molecule has 21 heavy (non-hydrogen) atoms. The van der Waals surface area contributed by atoms with Crippen molar-refractivity contribution in [3.63, 3.8) is 0 Å². The summed E-state index contributed by atoms with van der Waals surface area (Å²) in [6.07, 6.45) is 1.39. The summed E-state index contributed by atoms with van der Waals surface area (Å²) >= 11 is 17.5. The minimum absolute atomic E-state index is 0.157. The number of carbonyl (C=O) groups is 1. The number of amides is 1. The van der Waals surface area contributed by atoms with Crippen molar-refractivity contribution in [1.29, 1.82) is 0 Å². The molecule has 0 radical (unpaired) electrons. The van der Waals surface area contributed by atoms with Crippen molar-refractivity contribution in [2.75, 3.05) is 6.26 Å². The van der Waals surface area contributed by atoms with Gasteiger partial charge in [-0.25, -0.2) is 4.21 Å². The number of hydrogen-bond acceptors (Lipinski definition) is 2. The highest BCUT2D eigenvalue weighted by molar-refractivity contribution is 7.93. The first-order valence-corrected chi connectivity index (χ1v) is 8.82. The molecule has 1 unspecified atom stereocenters. The number of rotatable bonds is 2. The van der Waals surface area contributed by atoms with Crippen LogP contribution in [0.1, 0.15) is 10.4 Å². The van der Waals surface area contributed by atoms with Gasteiger partial charge in [-0.15, -0.1) is 0 Å². The van der Waals surface area contributed by atoms with Gasteiger partial charge in [-0.1, -0.05) is 34.8 Å². The first-order valence-electron chi connectivity index (χ1n) is 5.77. The Labute approximate surface area is 138 Å². The SMILES string of the molecule is CS(=O)(=NC(=O)c1ccc(Cl)cc1Cl)c1ccc(Cl)cc1. The predicted molar refractivity (Wildman–Crippen MR) is 87.0 cm³/mol. The zero-order valence-electron chi connectivity index (χ0n) is 10.8. The van der Waals surface area contributed by atoms with Crippen molar-refractivity contribution < 1.29 is 9.00 Å². The Morgan fingerprint density at radius 2 is 1.57 bits per heavy atom. The van der Waals surface area contributed by atoms with Crippen molar-refractivity contribution in [1.82, 2.24) is 0 Å². The molecule has 7 heteroatoms.